The Morgan fingerprint density at radius 2 is 1.96 bits per heavy atom. The molecule has 1 N–H and O–H groups in total. The fourth-order valence-corrected chi connectivity index (χ4v) is 3.00. The molecule has 0 fully saturated rings. The summed E-state index contributed by atoms with van der Waals surface area (Å²) >= 11 is 0. The lowest BCUT2D eigenvalue weighted by molar-refractivity contribution is 0.102. The number of ketones is 1. The summed E-state index contributed by atoms with van der Waals surface area (Å²) in [6, 6.07) is 6.84. The minimum atomic E-state index is -0.623. The molecule has 2 aromatic rings. The molecule has 140 valence electrons. The van der Waals surface area contributed by atoms with Crippen molar-refractivity contribution in [3.63, 3.8) is 0 Å². The van der Waals surface area contributed by atoms with E-state index in [1.54, 1.807) is 32.9 Å². The Balaban J connectivity index is 2.79. The van der Waals surface area contributed by atoms with E-state index in [1.807, 2.05) is 13.0 Å². The third-order valence-electron chi connectivity index (χ3n) is 4.26. The van der Waals surface area contributed by atoms with E-state index in [2.05, 4.69) is 11.6 Å². The Kier molecular flexibility index (Phi) is 5.96. The minimum absolute atomic E-state index is 0.0782. The van der Waals surface area contributed by atoms with Gasteiger partial charge in [-0.3, -0.25) is 19.1 Å². The first kappa shape index (κ1) is 20.1. The molecule has 2 rings (SSSR count). The van der Waals surface area contributed by atoms with Crippen molar-refractivity contribution in [1.29, 1.82) is 5.26 Å². The number of rotatable bonds is 6. The molecule has 0 saturated heterocycles. The predicted octanol–water partition coefficient (Wildman–Crippen LogP) is 3.04. The highest BCUT2D eigenvalue weighted by atomic mass is 16.2. The summed E-state index contributed by atoms with van der Waals surface area (Å²) in [6.07, 6.45) is 0.501. The first-order chi connectivity index (χ1) is 12.6. The highest BCUT2D eigenvalue weighted by Gasteiger charge is 2.24. The summed E-state index contributed by atoms with van der Waals surface area (Å²) in [5.41, 5.74) is 1.41. The van der Waals surface area contributed by atoms with Crippen molar-refractivity contribution in [2.24, 2.45) is 0 Å². The number of aromatic nitrogens is 2. The lowest BCUT2D eigenvalue weighted by Gasteiger charge is -2.17. The molecule has 0 aliphatic rings. The summed E-state index contributed by atoms with van der Waals surface area (Å²) in [4.78, 5) is 40.5. The molecule has 1 heterocycles. The maximum atomic E-state index is 13.3. The molecule has 6 nitrogen and oxygen atoms in total. The average Bonchev–Trinajstić information content (AvgIpc) is 2.58. The van der Waals surface area contributed by atoms with Gasteiger partial charge in [-0.05, 0) is 49.9 Å². The number of allylic oxidation sites excluding steroid dienone is 1. The van der Waals surface area contributed by atoms with Gasteiger partial charge in [0.25, 0.3) is 5.56 Å². The zero-order valence-corrected chi connectivity index (χ0v) is 16.0. The molecule has 0 aliphatic carbocycles. The lowest BCUT2D eigenvalue weighted by Crippen LogP contribution is -2.38. The van der Waals surface area contributed by atoms with Gasteiger partial charge in [-0.1, -0.05) is 19.4 Å². The second-order valence-electron chi connectivity index (χ2n) is 7.06. The second-order valence-corrected chi connectivity index (χ2v) is 7.06. The van der Waals surface area contributed by atoms with Gasteiger partial charge in [0.05, 0.1) is 11.6 Å². The van der Waals surface area contributed by atoms with Crippen LogP contribution in [0.1, 0.15) is 65.9 Å². The van der Waals surface area contributed by atoms with Crippen molar-refractivity contribution in [2.45, 2.75) is 46.6 Å². The van der Waals surface area contributed by atoms with Crippen molar-refractivity contribution in [3.8, 4) is 6.07 Å². The standard InChI is InChI=1S/C21H23N3O3/c1-12(2)6-7-24-18(17(13(3)4)20(26)23-21(24)27)19(25)16-9-14(5)8-15(10-16)11-22/h8-10,13H,1,6-7H2,2-5H3,(H,23,26,27). The molecular formula is C21H23N3O3. The number of nitrogens with zero attached hydrogens (tertiary/aromatic N) is 2. The predicted molar refractivity (Wildman–Crippen MR) is 104 cm³/mol. The fourth-order valence-electron chi connectivity index (χ4n) is 3.00. The molecule has 6 heteroatoms. The van der Waals surface area contributed by atoms with E-state index in [9.17, 15) is 19.6 Å². The number of benzene rings is 1. The number of H-pyrrole nitrogens is 1. The molecule has 0 atom stereocenters. The molecule has 1 aromatic heterocycles. The number of nitrogens with one attached hydrogen (secondary N) is 1. The summed E-state index contributed by atoms with van der Waals surface area (Å²) in [5.74, 6) is -0.701. The monoisotopic (exact) mass is 365 g/mol. The molecule has 0 saturated carbocycles. The first-order valence-electron chi connectivity index (χ1n) is 8.73. The van der Waals surface area contributed by atoms with E-state index in [1.165, 1.54) is 10.6 Å². The van der Waals surface area contributed by atoms with E-state index in [4.69, 9.17) is 0 Å². The van der Waals surface area contributed by atoms with Crippen LogP contribution in [0, 0.1) is 18.3 Å². The molecule has 27 heavy (non-hydrogen) atoms. The number of aromatic amines is 1. The Labute approximate surface area is 157 Å². The van der Waals surface area contributed by atoms with Crippen LogP contribution >= 0.6 is 0 Å². The number of hydrogen-bond acceptors (Lipinski definition) is 4. The maximum absolute atomic E-state index is 13.3. The third-order valence-corrected chi connectivity index (χ3v) is 4.26. The smallest absolute Gasteiger partial charge is 0.289 e. The minimum Gasteiger partial charge on any atom is -0.289 e. The number of nitriles is 1. The summed E-state index contributed by atoms with van der Waals surface area (Å²) in [5, 5.41) is 9.19. The fraction of sp³-hybridized carbons (Fsp3) is 0.333. The van der Waals surface area contributed by atoms with Crippen molar-refractivity contribution in [2.75, 3.05) is 0 Å². The van der Waals surface area contributed by atoms with E-state index in [0.717, 1.165) is 11.1 Å². The van der Waals surface area contributed by atoms with Gasteiger partial charge in [-0.25, -0.2) is 4.79 Å². The van der Waals surface area contributed by atoms with Gasteiger partial charge in [0, 0.05) is 17.7 Å². The lowest BCUT2D eigenvalue weighted by atomic mass is 9.95. The zero-order valence-electron chi connectivity index (χ0n) is 16.0. The summed E-state index contributed by atoms with van der Waals surface area (Å²) in [7, 11) is 0. The Hall–Kier alpha value is -3.20. The van der Waals surface area contributed by atoms with Crippen LogP contribution in [0.25, 0.3) is 0 Å². The molecule has 0 bridgehead atoms. The van der Waals surface area contributed by atoms with Crippen LogP contribution in [-0.4, -0.2) is 15.3 Å². The number of aryl methyl sites for hydroxylation is 1. The molecule has 0 aliphatic heterocycles. The third kappa shape index (κ3) is 4.32. The van der Waals surface area contributed by atoms with Crippen molar-refractivity contribution >= 4 is 5.78 Å². The van der Waals surface area contributed by atoms with Crippen molar-refractivity contribution < 1.29 is 4.79 Å². The second kappa shape index (κ2) is 8.00. The highest BCUT2D eigenvalue weighted by molar-refractivity contribution is 6.09. The normalized spacial score (nSPS) is 10.7. The van der Waals surface area contributed by atoms with Gasteiger partial charge in [0.2, 0.25) is 5.78 Å². The van der Waals surface area contributed by atoms with Crippen LogP contribution in [-0.2, 0) is 6.54 Å². The molecule has 1 aromatic carbocycles. The number of hydrogen-bond donors (Lipinski definition) is 1. The number of carbonyl (C=O) groups excluding carboxylic acids is 1. The zero-order chi connectivity index (χ0) is 20.3. The van der Waals surface area contributed by atoms with Gasteiger partial charge in [0.15, 0.2) is 0 Å². The van der Waals surface area contributed by atoms with Gasteiger partial charge in [-0.2, -0.15) is 5.26 Å². The summed E-state index contributed by atoms with van der Waals surface area (Å²) in [6.45, 7) is 11.3. The van der Waals surface area contributed by atoms with E-state index < -0.39 is 17.0 Å². The molecular weight excluding hydrogens is 342 g/mol. The Morgan fingerprint density at radius 3 is 2.52 bits per heavy atom. The van der Waals surface area contributed by atoms with Gasteiger partial charge in [-0.15, -0.1) is 6.58 Å². The maximum Gasteiger partial charge on any atom is 0.328 e. The van der Waals surface area contributed by atoms with Crippen LogP contribution in [0.4, 0.5) is 0 Å². The van der Waals surface area contributed by atoms with Crippen LogP contribution in [0.5, 0.6) is 0 Å². The van der Waals surface area contributed by atoms with E-state index in [0.29, 0.717) is 12.0 Å². The molecule has 0 spiro atoms. The van der Waals surface area contributed by atoms with Crippen LogP contribution in [0.3, 0.4) is 0 Å². The first-order valence-corrected chi connectivity index (χ1v) is 8.73. The molecule has 0 unspecified atom stereocenters. The van der Waals surface area contributed by atoms with E-state index in [-0.39, 0.29) is 29.3 Å². The highest BCUT2D eigenvalue weighted by Crippen LogP contribution is 2.20. The topological polar surface area (TPSA) is 95.7 Å². The van der Waals surface area contributed by atoms with Crippen molar-refractivity contribution in [3.05, 3.63) is 79.1 Å². The van der Waals surface area contributed by atoms with Crippen LogP contribution in [0.2, 0.25) is 0 Å². The van der Waals surface area contributed by atoms with Gasteiger partial charge >= 0.3 is 5.69 Å². The average molecular weight is 365 g/mol. The van der Waals surface area contributed by atoms with Crippen molar-refractivity contribution in [1.82, 2.24) is 9.55 Å². The SMILES string of the molecule is C=C(C)CCn1c(C(=O)c2cc(C)cc(C#N)c2)c(C(C)C)c(=O)[nH]c1=O. The largest absolute Gasteiger partial charge is 0.328 e. The Morgan fingerprint density at radius 1 is 1.30 bits per heavy atom. The number of carbonyl (C=O) groups is 1. The van der Waals surface area contributed by atoms with E-state index >= 15 is 0 Å². The molecule has 0 radical (unpaired) electrons. The quantitative estimate of drug-likeness (QED) is 0.629. The summed E-state index contributed by atoms with van der Waals surface area (Å²) < 4.78 is 1.31. The van der Waals surface area contributed by atoms with Crippen LogP contribution in [0.15, 0.2) is 39.9 Å². The Bertz CT molecular complexity index is 1070. The van der Waals surface area contributed by atoms with Crippen LogP contribution < -0.4 is 11.2 Å². The molecule has 0 amide bonds. The van der Waals surface area contributed by atoms with Gasteiger partial charge < -0.3 is 0 Å². The van der Waals surface area contributed by atoms with Gasteiger partial charge in [0.1, 0.15) is 5.69 Å².